The lowest BCUT2D eigenvalue weighted by atomic mass is 9.87. The third kappa shape index (κ3) is 3.22. The highest BCUT2D eigenvalue weighted by Gasteiger charge is 2.81. The molecule has 0 unspecified atom stereocenters. The topological polar surface area (TPSA) is 109 Å². The van der Waals surface area contributed by atoms with Gasteiger partial charge in [-0.15, -0.1) is 0 Å². The molecule has 0 radical (unpaired) electrons. The largest absolute Gasteiger partial charge is 0.392 e. The van der Waals surface area contributed by atoms with Crippen LogP contribution in [0.25, 0.3) is 11.1 Å². The van der Waals surface area contributed by atoms with E-state index in [0.717, 1.165) is 50.2 Å². The summed E-state index contributed by atoms with van der Waals surface area (Å²) in [7, 11) is -9.26. The minimum atomic E-state index is -6.07. The van der Waals surface area contributed by atoms with E-state index >= 15 is 17.6 Å². The highest BCUT2D eigenvalue weighted by atomic mass is 32.2. The maximum atomic E-state index is 15.6. The number of alkyl halides is 6. The summed E-state index contributed by atoms with van der Waals surface area (Å²) in [5.41, 5.74) is -7.27. The lowest BCUT2D eigenvalue weighted by Gasteiger charge is -2.26. The van der Waals surface area contributed by atoms with E-state index in [-0.39, 0.29) is 11.1 Å². The average Bonchev–Trinajstić information content (AvgIpc) is 3.23. The quantitative estimate of drug-likeness (QED) is 0.502. The van der Waals surface area contributed by atoms with Crippen LogP contribution in [0.3, 0.4) is 0 Å². The molecule has 2 N–H and O–H groups in total. The molecule has 0 aromatic heterocycles. The summed E-state index contributed by atoms with van der Waals surface area (Å²) in [5, 5.41) is 18.8. The van der Waals surface area contributed by atoms with Crippen LogP contribution in [-0.4, -0.2) is 44.8 Å². The number of sulfone groups is 2. The molecule has 0 spiro atoms. The Hall–Kier alpha value is -2.94. The fourth-order valence-corrected chi connectivity index (χ4v) is 8.33. The second kappa shape index (κ2) is 8.05. The van der Waals surface area contributed by atoms with Gasteiger partial charge >= 0.3 is 17.8 Å². The molecule has 0 bridgehead atoms. The number of allylic oxidation sites excluding steroid dienone is 6. The van der Waals surface area contributed by atoms with Gasteiger partial charge in [0.05, 0.1) is 32.8 Å². The lowest BCUT2D eigenvalue weighted by Crippen LogP contribution is -2.49. The van der Waals surface area contributed by atoms with E-state index in [9.17, 15) is 35.8 Å². The maximum absolute atomic E-state index is 15.6. The van der Waals surface area contributed by atoms with Gasteiger partial charge in [0.2, 0.25) is 19.7 Å². The summed E-state index contributed by atoms with van der Waals surface area (Å²) in [6.45, 7) is 0.279. The van der Waals surface area contributed by atoms with E-state index in [1.54, 1.807) is 0 Å². The predicted octanol–water partition coefficient (Wildman–Crippen LogP) is 4.62. The van der Waals surface area contributed by atoms with Crippen molar-refractivity contribution in [2.45, 2.75) is 54.6 Å². The standard InChI is InChI=1S/C25H18F6O6S2/c1-11-19(15-5-3-13(9-32)7-17(15)38(11,34)35)21-22(24(28,29)25(30,31)23(21,26)27)20-12(2)39(36,37)18-8-14(10-33)4-6-16(18)20/h3-8,32-33H,9-10H2,1-2H3. The minimum Gasteiger partial charge on any atom is -0.392 e. The molecule has 2 aromatic carbocycles. The first-order chi connectivity index (χ1) is 17.9. The van der Waals surface area contributed by atoms with Gasteiger partial charge in [-0.2, -0.15) is 26.3 Å². The number of rotatable bonds is 4. The highest BCUT2D eigenvalue weighted by molar-refractivity contribution is 7.96. The third-order valence-electron chi connectivity index (χ3n) is 7.25. The van der Waals surface area contributed by atoms with Crippen molar-refractivity contribution in [2.24, 2.45) is 0 Å². The highest BCUT2D eigenvalue weighted by Crippen LogP contribution is 2.67. The summed E-state index contributed by atoms with van der Waals surface area (Å²) in [6, 6.07) is 5.95. The zero-order valence-corrected chi connectivity index (χ0v) is 21.6. The first kappa shape index (κ1) is 27.6. The van der Waals surface area contributed by atoms with Gasteiger partial charge in [-0.1, -0.05) is 24.3 Å². The van der Waals surface area contributed by atoms with Crippen molar-refractivity contribution in [1.82, 2.24) is 0 Å². The van der Waals surface area contributed by atoms with Crippen LogP contribution in [0.2, 0.25) is 0 Å². The minimum absolute atomic E-state index is 0.0310. The number of hydrogen-bond acceptors (Lipinski definition) is 6. The van der Waals surface area contributed by atoms with Crippen molar-refractivity contribution in [3.05, 3.63) is 79.6 Å². The van der Waals surface area contributed by atoms with Crippen molar-refractivity contribution in [1.29, 1.82) is 0 Å². The Labute approximate surface area is 218 Å². The van der Waals surface area contributed by atoms with Gasteiger partial charge in [0, 0.05) is 33.4 Å². The van der Waals surface area contributed by atoms with Gasteiger partial charge in [0.1, 0.15) is 0 Å². The number of benzene rings is 2. The van der Waals surface area contributed by atoms with Crippen LogP contribution in [0.1, 0.15) is 36.1 Å². The number of hydrogen-bond donors (Lipinski definition) is 2. The Morgan fingerprint density at radius 2 is 0.974 bits per heavy atom. The van der Waals surface area contributed by atoms with Crippen molar-refractivity contribution in [2.75, 3.05) is 0 Å². The molecule has 2 aromatic rings. The smallest absolute Gasteiger partial charge is 0.380 e. The van der Waals surface area contributed by atoms with Gasteiger partial charge in [0.15, 0.2) is 0 Å². The molecule has 0 amide bonds. The second-order valence-electron chi connectivity index (χ2n) is 9.32. The Bertz CT molecular complexity index is 1670. The van der Waals surface area contributed by atoms with E-state index in [2.05, 4.69) is 0 Å². The fourth-order valence-electron chi connectivity index (χ4n) is 5.18. The summed E-state index contributed by atoms with van der Waals surface area (Å²) < 4.78 is 145. The molecule has 208 valence electrons. The molecule has 0 atom stereocenters. The van der Waals surface area contributed by atoms with E-state index in [4.69, 9.17) is 0 Å². The van der Waals surface area contributed by atoms with E-state index in [1.807, 2.05) is 0 Å². The van der Waals surface area contributed by atoms with Gasteiger partial charge < -0.3 is 10.2 Å². The SMILES string of the molecule is CC1=C(C2=C(C3=C(C)S(=O)(=O)c4cc(CO)ccc43)C(F)(F)C(F)(F)C2(F)F)c2ccc(CO)cc2S1(=O)=O. The molecule has 2 aliphatic heterocycles. The van der Waals surface area contributed by atoms with E-state index in [1.165, 1.54) is 0 Å². The van der Waals surface area contributed by atoms with Crippen LogP contribution in [-0.2, 0) is 32.9 Å². The molecular formula is C25H18F6O6S2. The molecule has 3 aliphatic rings. The van der Waals surface area contributed by atoms with Crippen molar-refractivity contribution >= 4 is 30.8 Å². The molecule has 39 heavy (non-hydrogen) atoms. The molecule has 2 heterocycles. The van der Waals surface area contributed by atoms with Crippen LogP contribution in [0, 0.1) is 0 Å². The number of fused-ring (bicyclic) bond motifs is 2. The molecule has 1 aliphatic carbocycles. The fraction of sp³-hybridized carbons (Fsp3) is 0.280. The van der Waals surface area contributed by atoms with E-state index < -0.39 is 104 Å². The van der Waals surface area contributed by atoms with Crippen LogP contribution >= 0.6 is 0 Å². The molecule has 6 nitrogen and oxygen atoms in total. The van der Waals surface area contributed by atoms with Crippen LogP contribution in [0.5, 0.6) is 0 Å². The van der Waals surface area contributed by atoms with Gasteiger partial charge in [0.25, 0.3) is 0 Å². The predicted molar refractivity (Wildman–Crippen MR) is 126 cm³/mol. The third-order valence-corrected chi connectivity index (χ3v) is 11.1. The van der Waals surface area contributed by atoms with Crippen LogP contribution in [0.4, 0.5) is 26.3 Å². The first-order valence-corrected chi connectivity index (χ1v) is 14.1. The normalized spacial score (nSPS) is 23.4. The Morgan fingerprint density at radius 3 is 1.28 bits per heavy atom. The Balaban J connectivity index is 1.97. The zero-order valence-electron chi connectivity index (χ0n) is 20.0. The Kier molecular flexibility index (Phi) is 5.70. The molecule has 0 saturated heterocycles. The molecule has 5 rings (SSSR count). The first-order valence-electron chi connectivity index (χ1n) is 11.2. The average molecular weight is 593 g/mol. The summed E-state index contributed by atoms with van der Waals surface area (Å²) in [4.78, 5) is -3.13. The summed E-state index contributed by atoms with van der Waals surface area (Å²) in [6.07, 6.45) is 0. The maximum Gasteiger partial charge on any atom is 0.380 e. The van der Waals surface area contributed by atoms with Crippen LogP contribution < -0.4 is 0 Å². The number of halogens is 6. The summed E-state index contributed by atoms with van der Waals surface area (Å²) in [5.74, 6) is -17.3. The Morgan fingerprint density at radius 1 is 0.641 bits per heavy atom. The monoisotopic (exact) mass is 592 g/mol. The molecular weight excluding hydrogens is 574 g/mol. The zero-order chi connectivity index (χ0) is 29.1. The number of aliphatic hydroxyl groups excluding tert-OH is 2. The van der Waals surface area contributed by atoms with Crippen LogP contribution in [0.15, 0.2) is 67.1 Å². The number of aliphatic hydroxyl groups is 2. The second-order valence-corrected chi connectivity index (χ2v) is 13.4. The van der Waals surface area contributed by atoms with Gasteiger partial charge in [-0.3, -0.25) is 0 Å². The molecule has 0 saturated carbocycles. The summed E-state index contributed by atoms with van der Waals surface area (Å²) >= 11 is 0. The lowest BCUT2D eigenvalue weighted by molar-refractivity contribution is -0.263. The van der Waals surface area contributed by atoms with Crippen molar-refractivity contribution in [3.63, 3.8) is 0 Å². The van der Waals surface area contributed by atoms with Gasteiger partial charge in [-0.25, -0.2) is 16.8 Å². The molecule has 14 heteroatoms. The molecule has 0 fully saturated rings. The van der Waals surface area contributed by atoms with Crippen molar-refractivity contribution in [3.8, 4) is 0 Å². The van der Waals surface area contributed by atoms with Crippen molar-refractivity contribution < 1.29 is 53.4 Å². The van der Waals surface area contributed by atoms with Gasteiger partial charge in [-0.05, 0) is 37.1 Å². The van der Waals surface area contributed by atoms with E-state index in [0.29, 0.717) is 0 Å².